The van der Waals surface area contributed by atoms with Crippen LogP contribution in [0.2, 0.25) is 0 Å². The summed E-state index contributed by atoms with van der Waals surface area (Å²) in [4.78, 5) is 18.5. The molecule has 0 aliphatic carbocycles. The predicted molar refractivity (Wildman–Crippen MR) is 80.9 cm³/mol. The summed E-state index contributed by atoms with van der Waals surface area (Å²) in [6, 6.07) is 3.45. The Bertz CT molecular complexity index is 658. The minimum absolute atomic E-state index is 0.116. The normalized spacial score (nSPS) is 21.9. The Morgan fingerprint density at radius 2 is 2.00 bits per heavy atom. The summed E-state index contributed by atoms with van der Waals surface area (Å²) >= 11 is 0. The van der Waals surface area contributed by atoms with Gasteiger partial charge in [0.2, 0.25) is 0 Å². The van der Waals surface area contributed by atoms with Gasteiger partial charge in [-0.1, -0.05) is 0 Å². The van der Waals surface area contributed by atoms with Crippen LogP contribution in [0.15, 0.2) is 31.0 Å². The highest BCUT2D eigenvalue weighted by Crippen LogP contribution is 2.22. The van der Waals surface area contributed by atoms with Gasteiger partial charge in [-0.05, 0) is 31.4 Å². The molecule has 1 aliphatic heterocycles. The first-order valence-electron chi connectivity index (χ1n) is 7.55. The first-order valence-corrected chi connectivity index (χ1v) is 7.55. The number of nitrogens with zero attached hydrogens (tertiary/aromatic N) is 5. The molecule has 122 valence electrons. The number of rotatable bonds is 3. The van der Waals surface area contributed by atoms with Gasteiger partial charge >= 0.3 is 0 Å². The van der Waals surface area contributed by atoms with Gasteiger partial charge in [0.25, 0.3) is 5.91 Å². The van der Waals surface area contributed by atoms with E-state index < -0.39 is 5.60 Å². The zero-order valence-corrected chi connectivity index (χ0v) is 12.7. The minimum Gasteiger partial charge on any atom is -0.393 e. The highest BCUT2D eigenvalue weighted by Gasteiger charge is 2.31. The van der Waals surface area contributed by atoms with Gasteiger partial charge in [-0.3, -0.25) is 9.36 Å². The molecular weight excluding hydrogens is 298 g/mol. The average Bonchev–Trinajstić information content (AvgIpc) is 3.05. The van der Waals surface area contributed by atoms with Gasteiger partial charge in [0.15, 0.2) is 0 Å². The number of amides is 1. The van der Waals surface area contributed by atoms with Crippen LogP contribution in [0.5, 0.6) is 0 Å². The van der Waals surface area contributed by atoms with Gasteiger partial charge in [-0.25, -0.2) is 4.98 Å². The molecule has 0 spiro atoms. The van der Waals surface area contributed by atoms with Crippen LogP contribution in [-0.2, 0) is 0 Å². The average molecular weight is 317 g/mol. The van der Waals surface area contributed by atoms with E-state index in [0.717, 1.165) is 0 Å². The number of carbonyl (C=O) groups is 1. The fourth-order valence-corrected chi connectivity index (χ4v) is 2.71. The summed E-state index contributed by atoms with van der Waals surface area (Å²) in [5, 5.41) is 26.9. The second-order valence-corrected chi connectivity index (χ2v) is 5.80. The Morgan fingerprint density at radius 1 is 1.22 bits per heavy atom. The summed E-state index contributed by atoms with van der Waals surface area (Å²) in [7, 11) is 0. The molecule has 8 nitrogen and oxygen atoms in total. The smallest absolute Gasteiger partial charge is 0.255 e. The standard InChI is InChI=1S/C15H19N5O3/c21-9-15(23)4-1-6-19(7-5-15)14(22)12-2-3-13(16-8-12)20-10-17-18-11-20/h2-3,8,10-11,21,23H,1,4-7,9H2/t15-/m1/s1. The molecule has 1 saturated heterocycles. The highest BCUT2D eigenvalue weighted by atomic mass is 16.3. The number of likely N-dealkylation sites (tertiary alicyclic amines) is 1. The summed E-state index contributed by atoms with van der Waals surface area (Å²) in [6.07, 6.45) is 6.14. The van der Waals surface area contributed by atoms with Crippen molar-refractivity contribution in [1.82, 2.24) is 24.6 Å². The monoisotopic (exact) mass is 317 g/mol. The Morgan fingerprint density at radius 3 is 2.65 bits per heavy atom. The van der Waals surface area contributed by atoms with Crippen molar-refractivity contribution in [3.05, 3.63) is 36.5 Å². The molecule has 23 heavy (non-hydrogen) atoms. The quantitative estimate of drug-likeness (QED) is 0.826. The second-order valence-electron chi connectivity index (χ2n) is 5.80. The molecular formula is C15H19N5O3. The van der Waals surface area contributed by atoms with Gasteiger partial charge < -0.3 is 15.1 Å². The largest absolute Gasteiger partial charge is 0.393 e. The molecule has 2 N–H and O–H groups in total. The maximum absolute atomic E-state index is 12.6. The summed E-state index contributed by atoms with van der Waals surface area (Å²) in [6.45, 7) is 0.710. The molecule has 1 amide bonds. The third kappa shape index (κ3) is 3.38. The summed E-state index contributed by atoms with van der Waals surface area (Å²) in [5.74, 6) is 0.520. The Kier molecular flexibility index (Phi) is 4.35. The van der Waals surface area contributed by atoms with E-state index in [4.69, 9.17) is 0 Å². The molecule has 3 rings (SSSR count). The molecule has 1 aliphatic rings. The van der Waals surface area contributed by atoms with Crippen molar-refractivity contribution in [2.45, 2.75) is 24.9 Å². The molecule has 8 heteroatoms. The minimum atomic E-state index is -1.08. The van der Waals surface area contributed by atoms with Crippen LogP contribution in [-0.4, -0.2) is 66.1 Å². The van der Waals surface area contributed by atoms with E-state index >= 15 is 0 Å². The fourth-order valence-electron chi connectivity index (χ4n) is 2.71. The summed E-state index contributed by atoms with van der Waals surface area (Å²) in [5.41, 5.74) is -0.581. The third-order valence-corrected chi connectivity index (χ3v) is 4.18. The third-order valence-electron chi connectivity index (χ3n) is 4.18. The van der Waals surface area contributed by atoms with E-state index in [1.165, 1.54) is 18.9 Å². The maximum atomic E-state index is 12.6. The molecule has 3 heterocycles. The molecule has 0 saturated carbocycles. The van der Waals surface area contributed by atoms with Gasteiger partial charge in [0, 0.05) is 19.3 Å². The van der Waals surface area contributed by atoms with Crippen LogP contribution in [0.3, 0.4) is 0 Å². The Hall–Kier alpha value is -2.32. The van der Waals surface area contributed by atoms with Crippen molar-refractivity contribution < 1.29 is 15.0 Å². The molecule has 0 radical (unpaired) electrons. The van der Waals surface area contributed by atoms with Gasteiger partial charge in [0.1, 0.15) is 18.5 Å². The predicted octanol–water partition coefficient (Wildman–Crippen LogP) is 0.0118. The number of hydrogen-bond donors (Lipinski definition) is 2. The number of aliphatic hydroxyl groups excluding tert-OH is 1. The SMILES string of the molecule is O=C(c1ccc(-n2cnnc2)nc1)N1CCC[C@](O)(CO)CC1. The van der Waals surface area contributed by atoms with Crippen LogP contribution in [0.25, 0.3) is 5.82 Å². The lowest BCUT2D eigenvalue weighted by atomic mass is 9.96. The van der Waals surface area contributed by atoms with E-state index in [-0.39, 0.29) is 12.5 Å². The maximum Gasteiger partial charge on any atom is 0.255 e. The molecule has 0 unspecified atom stereocenters. The first-order chi connectivity index (χ1) is 11.1. The van der Waals surface area contributed by atoms with Crippen LogP contribution >= 0.6 is 0 Å². The Labute approximate surface area is 133 Å². The van der Waals surface area contributed by atoms with E-state index in [2.05, 4.69) is 15.2 Å². The lowest BCUT2D eigenvalue weighted by Gasteiger charge is -2.24. The van der Waals surface area contributed by atoms with Crippen molar-refractivity contribution in [2.24, 2.45) is 0 Å². The van der Waals surface area contributed by atoms with Crippen molar-refractivity contribution in [1.29, 1.82) is 0 Å². The van der Waals surface area contributed by atoms with E-state index in [1.807, 2.05) is 0 Å². The lowest BCUT2D eigenvalue weighted by Crippen LogP contribution is -2.36. The van der Waals surface area contributed by atoms with Gasteiger partial charge in [0.05, 0.1) is 17.8 Å². The van der Waals surface area contributed by atoms with Crippen molar-refractivity contribution >= 4 is 5.91 Å². The van der Waals surface area contributed by atoms with Crippen molar-refractivity contribution in [2.75, 3.05) is 19.7 Å². The van der Waals surface area contributed by atoms with E-state index in [1.54, 1.807) is 21.6 Å². The number of carbonyl (C=O) groups excluding carboxylic acids is 1. The molecule has 2 aromatic rings. The number of aromatic nitrogens is 4. The van der Waals surface area contributed by atoms with E-state index in [0.29, 0.717) is 43.7 Å². The fraction of sp³-hybridized carbons (Fsp3) is 0.467. The number of hydrogen-bond acceptors (Lipinski definition) is 6. The van der Waals surface area contributed by atoms with Crippen molar-refractivity contribution in [3.8, 4) is 5.82 Å². The lowest BCUT2D eigenvalue weighted by molar-refractivity contribution is -0.0250. The molecule has 1 atom stereocenters. The molecule has 1 fully saturated rings. The topological polar surface area (TPSA) is 104 Å². The zero-order valence-electron chi connectivity index (χ0n) is 12.7. The van der Waals surface area contributed by atoms with Gasteiger partial charge in [-0.15, -0.1) is 10.2 Å². The van der Waals surface area contributed by atoms with Crippen LogP contribution in [0, 0.1) is 0 Å². The van der Waals surface area contributed by atoms with Crippen LogP contribution in [0.4, 0.5) is 0 Å². The molecule has 0 bridgehead atoms. The zero-order chi connectivity index (χ0) is 16.3. The molecule has 0 aromatic carbocycles. The highest BCUT2D eigenvalue weighted by molar-refractivity contribution is 5.94. The van der Waals surface area contributed by atoms with Crippen LogP contribution in [0.1, 0.15) is 29.6 Å². The Balaban J connectivity index is 1.70. The van der Waals surface area contributed by atoms with Gasteiger partial charge in [-0.2, -0.15) is 0 Å². The second kappa shape index (κ2) is 6.43. The van der Waals surface area contributed by atoms with E-state index in [9.17, 15) is 15.0 Å². The van der Waals surface area contributed by atoms with Crippen LogP contribution < -0.4 is 0 Å². The molecule has 2 aromatic heterocycles. The summed E-state index contributed by atoms with van der Waals surface area (Å²) < 4.78 is 1.65. The first kappa shape index (κ1) is 15.6. The number of pyridine rings is 1. The van der Waals surface area contributed by atoms with Crippen molar-refractivity contribution in [3.63, 3.8) is 0 Å². The number of aliphatic hydroxyl groups is 2.